The summed E-state index contributed by atoms with van der Waals surface area (Å²) in [6.07, 6.45) is 0.274. The Morgan fingerprint density at radius 1 is 1.12 bits per heavy atom. The minimum Gasteiger partial charge on any atom is -0.452 e. The predicted octanol–water partition coefficient (Wildman–Crippen LogP) is 6.00. The minimum atomic E-state index is -0.863. The quantitative estimate of drug-likeness (QED) is 0.257. The third-order valence-electron chi connectivity index (χ3n) is 5.42. The molecule has 0 aliphatic carbocycles. The molecule has 0 amide bonds. The van der Waals surface area contributed by atoms with Crippen molar-refractivity contribution in [1.29, 1.82) is 0 Å². The lowest BCUT2D eigenvalue weighted by molar-refractivity contribution is -0.0691. The normalized spacial score (nSPS) is 16.8. The fourth-order valence-corrected chi connectivity index (χ4v) is 3.60. The number of benzene rings is 1. The maximum atomic E-state index is 12.1. The summed E-state index contributed by atoms with van der Waals surface area (Å²) in [5.41, 5.74) is 4.91. The Hall–Kier alpha value is -3.09. The number of hydrogen-bond acceptors (Lipinski definition) is 6. The van der Waals surface area contributed by atoms with Crippen LogP contribution < -0.4 is 0 Å². The fourth-order valence-electron chi connectivity index (χ4n) is 3.60. The van der Waals surface area contributed by atoms with Crippen LogP contribution in [0, 0.1) is 12.8 Å². The Bertz CT molecular complexity index is 1050. The molecule has 1 aromatic carbocycles. The smallest absolute Gasteiger partial charge is 0.452 e. The van der Waals surface area contributed by atoms with Gasteiger partial charge < -0.3 is 14.2 Å². The van der Waals surface area contributed by atoms with Crippen molar-refractivity contribution < 1.29 is 19.0 Å². The van der Waals surface area contributed by atoms with Crippen LogP contribution in [0.15, 0.2) is 35.3 Å². The third-order valence-corrected chi connectivity index (χ3v) is 5.42. The van der Waals surface area contributed by atoms with Crippen molar-refractivity contribution in [3.63, 3.8) is 0 Å². The van der Waals surface area contributed by atoms with Gasteiger partial charge in [-0.2, -0.15) is 5.10 Å². The Morgan fingerprint density at radius 2 is 1.76 bits per heavy atom. The summed E-state index contributed by atoms with van der Waals surface area (Å²) in [5, 5.41) is 4.60. The molecule has 7 nitrogen and oxygen atoms in total. The molecular formula is C27H37N3O4. The summed E-state index contributed by atoms with van der Waals surface area (Å²) in [6.45, 7) is 17.1. The Morgan fingerprint density at radius 3 is 2.29 bits per heavy atom. The lowest BCUT2D eigenvalue weighted by Gasteiger charge is -2.22. The number of nitrogens with zero attached hydrogens (tertiary/aromatic N) is 3. The van der Waals surface area contributed by atoms with E-state index in [4.69, 9.17) is 14.2 Å². The van der Waals surface area contributed by atoms with E-state index in [1.165, 1.54) is 5.56 Å². The predicted molar refractivity (Wildman–Crippen MR) is 135 cm³/mol. The highest BCUT2D eigenvalue weighted by molar-refractivity contribution is 6.03. The van der Waals surface area contributed by atoms with E-state index in [0.29, 0.717) is 12.3 Å². The van der Waals surface area contributed by atoms with Crippen LogP contribution in [0.25, 0.3) is 11.3 Å². The van der Waals surface area contributed by atoms with Gasteiger partial charge in [0.2, 0.25) is 6.29 Å². The number of aryl methyl sites for hydroxylation is 2. The summed E-state index contributed by atoms with van der Waals surface area (Å²) < 4.78 is 18.7. The molecule has 34 heavy (non-hydrogen) atoms. The van der Waals surface area contributed by atoms with Crippen molar-refractivity contribution in [3.8, 4) is 0 Å². The summed E-state index contributed by atoms with van der Waals surface area (Å²) in [4.78, 5) is 16.6. The summed E-state index contributed by atoms with van der Waals surface area (Å²) >= 11 is 0. The van der Waals surface area contributed by atoms with Crippen LogP contribution >= 0.6 is 0 Å². The van der Waals surface area contributed by atoms with Crippen LogP contribution in [0.1, 0.15) is 71.0 Å². The van der Waals surface area contributed by atoms with Crippen molar-refractivity contribution in [2.75, 3.05) is 6.61 Å². The first kappa shape index (κ1) is 25.5. The maximum absolute atomic E-state index is 12.1. The maximum Gasteiger partial charge on any atom is 0.511 e. The van der Waals surface area contributed by atoms with E-state index in [-0.39, 0.29) is 24.0 Å². The second-order valence-electron chi connectivity index (χ2n) is 10.1. The van der Waals surface area contributed by atoms with Gasteiger partial charge in [0.1, 0.15) is 11.7 Å². The van der Waals surface area contributed by atoms with Crippen molar-refractivity contribution >= 4 is 23.7 Å². The molecule has 3 rings (SSSR count). The van der Waals surface area contributed by atoms with E-state index < -0.39 is 12.4 Å². The SMILES string of the molecule is CCn1nc(C)cc1/C(OC(C)OC(=O)OCC(C)C)=C(/c1ccc(C(C)(C)C)cc1)C1C=N1. The third kappa shape index (κ3) is 6.49. The number of ether oxygens (including phenoxy) is 3. The Labute approximate surface area is 202 Å². The molecule has 0 N–H and O–H groups in total. The van der Waals surface area contributed by atoms with Crippen LogP contribution in [0.4, 0.5) is 4.79 Å². The zero-order chi connectivity index (χ0) is 25.0. The molecule has 1 aliphatic rings. The summed E-state index contributed by atoms with van der Waals surface area (Å²) in [7, 11) is 0. The highest BCUT2D eigenvalue weighted by Gasteiger charge is 2.30. The molecular weight excluding hydrogens is 430 g/mol. The number of rotatable bonds is 9. The van der Waals surface area contributed by atoms with Crippen molar-refractivity contribution in [2.24, 2.45) is 10.9 Å². The highest BCUT2D eigenvalue weighted by atomic mass is 16.8. The molecule has 1 aliphatic heterocycles. The number of carbonyl (C=O) groups excluding carboxylic acids is 1. The van der Waals surface area contributed by atoms with E-state index in [0.717, 1.165) is 22.5 Å². The minimum absolute atomic E-state index is 0.0501. The van der Waals surface area contributed by atoms with Gasteiger partial charge >= 0.3 is 6.16 Å². The number of aromatic nitrogens is 2. The van der Waals surface area contributed by atoms with Crippen LogP contribution in [-0.4, -0.2) is 41.1 Å². The summed E-state index contributed by atoms with van der Waals surface area (Å²) in [6, 6.07) is 10.4. The average Bonchev–Trinajstić information content (AvgIpc) is 3.52. The molecule has 0 bridgehead atoms. The van der Waals surface area contributed by atoms with Crippen LogP contribution in [0.2, 0.25) is 0 Å². The van der Waals surface area contributed by atoms with Gasteiger partial charge in [0, 0.05) is 25.3 Å². The molecule has 0 fully saturated rings. The first-order valence-corrected chi connectivity index (χ1v) is 11.9. The molecule has 1 aromatic heterocycles. The first-order chi connectivity index (χ1) is 16.0. The average molecular weight is 468 g/mol. The topological polar surface area (TPSA) is 74.9 Å². The molecule has 2 aromatic rings. The van der Waals surface area contributed by atoms with Gasteiger partial charge in [0.15, 0.2) is 5.76 Å². The highest BCUT2D eigenvalue weighted by Crippen LogP contribution is 2.36. The van der Waals surface area contributed by atoms with Gasteiger partial charge in [0.05, 0.1) is 12.3 Å². The largest absolute Gasteiger partial charge is 0.511 e. The first-order valence-electron chi connectivity index (χ1n) is 11.9. The lowest BCUT2D eigenvalue weighted by atomic mass is 9.86. The zero-order valence-corrected chi connectivity index (χ0v) is 21.6. The van der Waals surface area contributed by atoms with Crippen LogP contribution in [0.3, 0.4) is 0 Å². The molecule has 0 saturated heterocycles. The van der Waals surface area contributed by atoms with E-state index >= 15 is 0 Å². The van der Waals surface area contributed by atoms with Gasteiger partial charge in [-0.15, -0.1) is 0 Å². The van der Waals surface area contributed by atoms with Gasteiger partial charge in [-0.25, -0.2) is 4.79 Å². The van der Waals surface area contributed by atoms with E-state index in [9.17, 15) is 4.79 Å². The second kappa shape index (κ2) is 10.5. The standard InChI is InChI=1S/C27H37N3O4/c1-9-30-23(14-18(4)29-30)25(33-19(5)34-26(31)32-16-17(2)3)24(22-15-28-22)20-10-12-21(13-11-20)27(6,7)8/h10-15,17,19,22H,9,16H2,1-8H3/b25-24+. The Kier molecular flexibility index (Phi) is 7.85. The molecule has 7 heteroatoms. The van der Waals surface area contributed by atoms with Crippen molar-refractivity contribution in [1.82, 2.24) is 9.78 Å². The fraction of sp³-hybridized carbons (Fsp3) is 0.519. The number of aliphatic imine (C=N–C) groups is 1. The zero-order valence-electron chi connectivity index (χ0n) is 21.6. The van der Waals surface area contributed by atoms with Crippen molar-refractivity contribution in [2.45, 2.75) is 79.7 Å². The van der Waals surface area contributed by atoms with E-state index in [1.807, 2.05) is 44.7 Å². The molecule has 0 saturated carbocycles. The van der Waals surface area contributed by atoms with Crippen LogP contribution in [-0.2, 0) is 26.2 Å². The van der Waals surface area contributed by atoms with E-state index in [1.54, 1.807) is 6.92 Å². The molecule has 2 unspecified atom stereocenters. The van der Waals surface area contributed by atoms with Gasteiger partial charge in [-0.3, -0.25) is 9.67 Å². The van der Waals surface area contributed by atoms with Gasteiger partial charge in [-0.05, 0) is 42.4 Å². The molecule has 2 heterocycles. The molecule has 2 atom stereocenters. The van der Waals surface area contributed by atoms with Gasteiger partial charge in [0.25, 0.3) is 0 Å². The molecule has 0 spiro atoms. The number of carbonyl (C=O) groups is 1. The lowest BCUT2D eigenvalue weighted by Crippen LogP contribution is -2.21. The summed E-state index contributed by atoms with van der Waals surface area (Å²) in [5.74, 6) is 0.813. The monoisotopic (exact) mass is 467 g/mol. The number of hydrogen-bond donors (Lipinski definition) is 0. The van der Waals surface area contributed by atoms with E-state index in [2.05, 4.69) is 55.1 Å². The molecule has 0 radical (unpaired) electrons. The molecule has 184 valence electrons. The van der Waals surface area contributed by atoms with Crippen LogP contribution in [0.5, 0.6) is 0 Å². The Balaban J connectivity index is 2.01. The van der Waals surface area contributed by atoms with Gasteiger partial charge in [-0.1, -0.05) is 58.9 Å². The second-order valence-corrected chi connectivity index (χ2v) is 10.1. The van der Waals surface area contributed by atoms with Crippen molar-refractivity contribution in [3.05, 3.63) is 52.8 Å².